The largest absolute Gasteiger partial charge is 0.493 e. The van der Waals surface area contributed by atoms with Crippen molar-refractivity contribution in [2.24, 2.45) is 0 Å². The van der Waals surface area contributed by atoms with Crippen molar-refractivity contribution in [2.45, 2.75) is 45.6 Å². The lowest BCUT2D eigenvalue weighted by Crippen LogP contribution is -2.42. The average Bonchev–Trinajstić information content (AvgIpc) is 3.24. The van der Waals surface area contributed by atoms with E-state index < -0.39 is 23.9 Å². The number of ether oxygens (including phenoxy) is 2. The Morgan fingerprint density at radius 1 is 1.09 bits per heavy atom. The standard InChI is InChI=1S/C24H29N5O6/c1-3-34-18(30)12-11-17(23(33)35-4-2)27-21(31)15-8-5-14(6-9-15)7-10-16-13-26-20-19(16)22(32)29-24(25)28-20/h5-6,8-9,13,17H,3-4,7,10-12H2,1-2H3,(H,27,31)(H4,25,26,28,29,32)/t17-/m1/s1. The second-order valence-electron chi connectivity index (χ2n) is 7.76. The maximum atomic E-state index is 12.7. The number of aromatic nitrogens is 3. The van der Waals surface area contributed by atoms with Crippen LogP contribution in [-0.2, 0) is 31.9 Å². The smallest absolute Gasteiger partial charge is 0.328 e. The van der Waals surface area contributed by atoms with Crippen molar-refractivity contribution in [3.8, 4) is 5.88 Å². The van der Waals surface area contributed by atoms with Crippen molar-refractivity contribution >= 4 is 34.8 Å². The Morgan fingerprint density at radius 2 is 1.80 bits per heavy atom. The molecule has 0 aliphatic heterocycles. The summed E-state index contributed by atoms with van der Waals surface area (Å²) in [5, 5.41) is 13.3. The number of aromatic hydroxyl groups is 1. The van der Waals surface area contributed by atoms with Crippen molar-refractivity contribution in [2.75, 3.05) is 18.9 Å². The van der Waals surface area contributed by atoms with Gasteiger partial charge in [-0.1, -0.05) is 12.1 Å². The second kappa shape index (κ2) is 11.8. The lowest BCUT2D eigenvalue weighted by molar-refractivity contribution is -0.146. The third-order valence-corrected chi connectivity index (χ3v) is 5.33. The van der Waals surface area contributed by atoms with Crippen molar-refractivity contribution in [1.82, 2.24) is 20.3 Å². The molecule has 0 fully saturated rings. The van der Waals surface area contributed by atoms with Gasteiger partial charge in [-0.25, -0.2) is 4.79 Å². The number of nitrogen functional groups attached to an aromatic ring is 1. The molecule has 2 heterocycles. The molecule has 2 aromatic heterocycles. The highest BCUT2D eigenvalue weighted by Gasteiger charge is 2.24. The molecule has 186 valence electrons. The SMILES string of the molecule is CCOC(=O)CC[C@@H](NC(=O)c1ccc(CCc2c[nH]c3nc(N)nc(O)c23)cc1)C(=O)OCC. The van der Waals surface area contributed by atoms with E-state index in [1.807, 2.05) is 12.1 Å². The lowest BCUT2D eigenvalue weighted by atomic mass is 10.0. The number of esters is 2. The van der Waals surface area contributed by atoms with Gasteiger partial charge in [-0.05, 0) is 56.4 Å². The average molecular weight is 484 g/mol. The number of amides is 1. The van der Waals surface area contributed by atoms with Gasteiger partial charge in [-0.3, -0.25) is 9.59 Å². The van der Waals surface area contributed by atoms with Gasteiger partial charge in [0, 0.05) is 18.2 Å². The summed E-state index contributed by atoms with van der Waals surface area (Å²) < 4.78 is 9.91. The summed E-state index contributed by atoms with van der Waals surface area (Å²) in [6.07, 6.45) is 3.06. The normalized spacial score (nSPS) is 11.7. The highest BCUT2D eigenvalue weighted by Crippen LogP contribution is 2.26. The molecule has 0 bridgehead atoms. The van der Waals surface area contributed by atoms with Gasteiger partial charge in [-0.15, -0.1) is 0 Å². The van der Waals surface area contributed by atoms with E-state index in [1.54, 1.807) is 32.2 Å². The van der Waals surface area contributed by atoms with E-state index in [0.29, 0.717) is 29.4 Å². The summed E-state index contributed by atoms with van der Waals surface area (Å²) in [6, 6.07) is 5.99. The van der Waals surface area contributed by atoms with Crippen LogP contribution in [0.1, 0.15) is 48.2 Å². The fraction of sp³-hybridized carbons (Fsp3) is 0.375. The van der Waals surface area contributed by atoms with Gasteiger partial charge >= 0.3 is 11.9 Å². The summed E-state index contributed by atoms with van der Waals surface area (Å²) in [5.74, 6) is -1.68. The van der Waals surface area contributed by atoms with Crippen molar-refractivity contribution < 1.29 is 29.0 Å². The van der Waals surface area contributed by atoms with Crippen LogP contribution >= 0.6 is 0 Å². The third-order valence-electron chi connectivity index (χ3n) is 5.33. The number of H-pyrrole nitrogens is 1. The number of rotatable bonds is 11. The Morgan fingerprint density at radius 3 is 2.49 bits per heavy atom. The summed E-state index contributed by atoms with van der Waals surface area (Å²) in [7, 11) is 0. The van der Waals surface area contributed by atoms with Crippen molar-refractivity contribution in [3.63, 3.8) is 0 Å². The number of nitrogens with two attached hydrogens (primary N) is 1. The highest BCUT2D eigenvalue weighted by atomic mass is 16.5. The van der Waals surface area contributed by atoms with E-state index >= 15 is 0 Å². The van der Waals surface area contributed by atoms with E-state index in [0.717, 1.165) is 11.1 Å². The molecule has 0 saturated heterocycles. The first-order valence-corrected chi connectivity index (χ1v) is 11.4. The number of aryl methyl sites for hydroxylation is 2. The number of hydrogen-bond donors (Lipinski definition) is 4. The van der Waals surface area contributed by atoms with Gasteiger partial charge in [0.25, 0.3) is 5.91 Å². The quantitative estimate of drug-likeness (QED) is 0.298. The Labute approximate surface area is 202 Å². The number of anilines is 1. The van der Waals surface area contributed by atoms with E-state index in [2.05, 4.69) is 20.3 Å². The van der Waals surface area contributed by atoms with Gasteiger partial charge < -0.3 is 30.6 Å². The molecule has 11 heteroatoms. The topological polar surface area (TPSA) is 170 Å². The van der Waals surface area contributed by atoms with Gasteiger partial charge in [-0.2, -0.15) is 9.97 Å². The molecule has 1 amide bonds. The minimum atomic E-state index is -0.961. The first-order valence-electron chi connectivity index (χ1n) is 11.4. The molecular weight excluding hydrogens is 454 g/mol. The Bertz CT molecular complexity index is 1190. The molecule has 3 rings (SSSR count). The number of hydrogen-bond acceptors (Lipinski definition) is 9. The zero-order valence-electron chi connectivity index (χ0n) is 19.7. The molecule has 1 aromatic carbocycles. The molecule has 11 nitrogen and oxygen atoms in total. The summed E-state index contributed by atoms with van der Waals surface area (Å²) in [6.45, 7) is 3.76. The van der Waals surface area contributed by atoms with Crippen LogP contribution in [0.4, 0.5) is 5.95 Å². The minimum absolute atomic E-state index is 0.0108. The molecule has 0 aliphatic carbocycles. The molecule has 0 aliphatic rings. The van der Waals surface area contributed by atoms with Gasteiger partial charge in [0.1, 0.15) is 11.7 Å². The van der Waals surface area contributed by atoms with Crippen molar-refractivity contribution in [3.05, 3.63) is 47.2 Å². The van der Waals surface area contributed by atoms with Crippen LogP contribution in [-0.4, -0.2) is 57.2 Å². The summed E-state index contributed by atoms with van der Waals surface area (Å²) in [5.41, 5.74) is 8.21. The maximum absolute atomic E-state index is 12.7. The lowest BCUT2D eigenvalue weighted by Gasteiger charge is -2.17. The number of carbonyl (C=O) groups is 3. The van der Waals surface area contributed by atoms with Gasteiger partial charge in [0.05, 0.1) is 18.6 Å². The van der Waals surface area contributed by atoms with Gasteiger partial charge in [0.2, 0.25) is 11.8 Å². The predicted molar refractivity (Wildman–Crippen MR) is 128 cm³/mol. The molecule has 3 aromatic rings. The molecule has 0 unspecified atom stereocenters. The van der Waals surface area contributed by atoms with E-state index in [4.69, 9.17) is 15.2 Å². The van der Waals surface area contributed by atoms with E-state index in [-0.39, 0.29) is 37.9 Å². The minimum Gasteiger partial charge on any atom is -0.493 e. The number of nitrogens with zero attached hydrogens (tertiary/aromatic N) is 2. The summed E-state index contributed by atoms with van der Waals surface area (Å²) >= 11 is 0. The molecule has 1 atom stereocenters. The number of carbonyl (C=O) groups excluding carboxylic acids is 3. The Hall–Kier alpha value is -4.15. The first-order chi connectivity index (χ1) is 16.8. The van der Waals surface area contributed by atoms with E-state index in [1.165, 1.54) is 0 Å². The monoisotopic (exact) mass is 483 g/mol. The predicted octanol–water partition coefficient (Wildman–Crippen LogP) is 2.04. The number of nitrogens with one attached hydrogen (secondary N) is 2. The van der Waals surface area contributed by atoms with Gasteiger partial charge in [0.15, 0.2) is 0 Å². The highest BCUT2D eigenvalue weighted by molar-refractivity contribution is 5.97. The molecule has 0 spiro atoms. The second-order valence-corrected chi connectivity index (χ2v) is 7.76. The van der Waals surface area contributed by atoms with Crippen LogP contribution in [0.3, 0.4) is 0 Å². The maximum Gasteiger partial charge on any atom is 0.328 e. The van der Waals surface area contributed by atoms with Crippen LogP contribution in [0.25, 0.3) is 11.0 Å². The molecule has 0 radical (unpaired) electrons. The fourth-order valence-electron chi connectivity index (χ4n) is 3.62. The van der Waals surface area contributed by atoms with Crippen LogP contribution in [0.5, 0.6) is 5.88 Å². The Balaban J connectivity index is 1.62. The van der Waals surface area contributed by atoms with E-state index in [9.17, 15) is 19.5 Å². The third kappa shape index (κ3) is 6.69. The molecular formula is C24H29N5O6. The molecule has 0 saturated carbocycles. The molecule has 5 N–H and O–H groups in total. The first kappa shape index (κ1) is 25.5. The zero-order valence-corrected chi connectivity index (χ0v) is 19.7. The van der Waals surface area contributed by atoms with Crippen molar-refractivity contribution in [1.29, 1.82) is 0 Å². The summed E-state index contributed by atoms with van der Waals surface area (Å²) in [4.78, 5) is 47.5. The zero-order chi connectivity index (χ0) is 25.4. The number of fused-ring (bicyclic) bond motifs is 1. The number of benzene rings is 1. The number of aromatic amines is 1. The van der Waals surface area contributed by atoms with Crippen LogP contribution in [0.2, 0.25) is 0 Å². The Kier molecular flexibility index (Phi) is 8.60. The fourth-order valence-corrected chi connectivity index (χ4v) is 3.62. The molecule has 35 heavy (non-hydrogen) atoms. The van der Waals surface area contributed by atoms with Crippen LogP contribution < -0.4 is 11.1 Å². The van der Waals surface area contributed by atoms with Crippen LogP contribution in [0, 0.1) is 0 Å². The van der Waals surface area contributed by atoms with Crippen LogP contribution in [0.15, 0.2) is 30.5 Å².